The van der Waals surface area contributed by atoms with Gasteiger partial charge in [0.2, 0.25) is 0 Å². The molecule has 2 rings (SSSR count). The lowest BCUT2D eigenvalue weighted by Crippen LogP contribution is -2.40. The van der Waals surface area contributed by atoms with Gasteiger partial charge in [-0.05, 0) is 45.0 Å². The summed E-state index contributed by atoms with van der Waals surface area (Å²) in [6.07, 6.45) is -2.91. The number of nitrogens with one attached hydrogen (secondary N) is 1. The van der Waals surface area contributed by atoms with E-state index in [9.17, 15) is 18.0 Å². The molecular formula is C16H18F3N3O2. The maximum atomic E-state index is 12.6. The molecule has 0 spiro atoms. The number of alkyl halides is 3. The van der Waals surface area contributed by atoms with Crippen molar-refractivity contribution in [3.8, 4) is 5.75 Å². The second-order valence-electron chi connectivity index (χ2n) is 6.24. The summed E-state index contributed by atoms with van der Waals surface area (Å²) in [4.78, 5) is 12.0. The third kappa shape index (κ3) is 5.00. The lowest BCUT2D eigenvalue weighted by Gasteiger charge is -2.19. The second kappa shape index (κ2) is 6.54. The fraction of sp³-hybridized carbons (Fsp3) is 0.375. The molecule has 0 radical (unpaired) electrons. The van der Waals surface area contributed by atoms with Crippen molar-refractivity contribution in [3.63, 3.8) is 0 Å². The van der Waals surface area contributed by atoms with E-state index < -0.39 is 17.3 Å². The van der Waals surface area contributed by atoms with E-state index in [-0.39, 0.29) is 24.1 Å². The van der Waals surface area contributed by atoms with E-state index in [1.54, 1.807) is 0 Å². The Balaban J connectivity index is 2.00. The molecule has 130 valence electrons. The van der Waals surface area contributed by atoms with Crippen molar-refractivity contribution >= 4 is 5.91 Å². The molecule has 24 heavy (non-hydrogen) atoms. The predicted octanol–water partition coefficient (Wildman–Crippen LogP) is 3.47. The van der Waals surface area contributed by atoms with E-state index >= 15 is 0 Å². The van der Waals surface area contributed by atoms with E-state index in [1.165, 1.54) is 29.1 Å². The fourth-order valence-electron chi connectivity index (χ4n) is 1.86. The highest BCUT2D eigenvalue weighted by molar-refractivity contribution is 5.92. The summed E-state index contributed by atoms with van der Waals surface area (Å²) >= 11 is 0. The number of amides is 1. The van der Waals surface area contributed by atoms with E-state index in [4.69, 9.17) is 4.74 Å². The van der Waals surface area contributed by atoms with Gasteiger partial charge < -0.3 is 10.1 Å². The van der Waals surface area contributed by atoms with Crippen molar-refractivity contribution in [2.24, 2.45) is 0 Å². The number of hydrogen-bond acceptors (Lipinski definition) is 3. The Labute approximate surface area is 137 Å². The summed E-state index contributed by atoms with van der Waals surface area (Å²) < 4.78 is 44.5. The maximum absolute atomic E-state index is 12.6. The van der Waals surface area contributed by atoms with E-state index in [2.05, 4.69) is 10.4 Å². The molecular weight excluding hydrogens is 323 g/mol. The van der Waals surface area contributed by atoms with Crippen LogP contribution in [0.4, 0.5) is 13.2 Å². The van der Waals surface area contributed by atoms with Crippen LogP contribution in [-0.4, -0.2) is 21.2 Å². The van der Waals surface area contributed by atoms with Gasteiger partial charge in [0.1, 0.15) is 11.4 Å². The van der Waals surface area contributed by atoms with Crippen LogP contribution >= 0.6 is 0 Å². The fourth-order valence-corrected chi connectivity index (χ4v) is 1.86. The number of benzene rings is 1. The molecule has 0 unspecified atom stereocenters. The molecule has 0 saturated heterocycles. The van der Waals surface area contributed by atoms with Gasteiger partial charge in [-0.2, -0.15) is 18.3 Å². The Hall–Kier alpha value is -2.51. The molecule has 1 amide bonds. The van der Waals surface area contributed by atoms with E-state index in [1.807, 2.05) is 20.8 Å². The quantitative estimate of drug-likeness (QED) is 0.926. The van der Waals surface area contributed by atoms with Crippen LogP contribution in [0.1, 0.15) is 36.8 Å². The molecule has 0 aliphatic carbocycles. The average Bonchev–Trinajstić information content (AvgIpc) is 2.92. The molecule has 0 saturated carbocycles. The molecule has 1 aromatic carbocycles. The first-order valence-corrected chi connectivity index (χ1v) is 7.21. The van der Waals surface area contributed by atoms with Crippen LogP contribution in [0.15, 0.2) is 36.5 Å². The van der Waals surface area contributed by atoms with Gasteiger partial charge >= 0.3 is 6.18 Å². The zero-order chi connectivity index (χ0) is 18.0. The van der Waals surface area contributed by atoms with Crippen LogP contribution in [0.5, 0.6) is 5.75 Å². The number of carbonyl (C=O) groups excluding carboxylic acids is 1. The average molecular weight is 341 g/mol. The first-order valence-electron chi connectivity index (χ1n) is 7.21. The zero-order valence-corrected chi connectivity index (χ0v) is 13.5. The topological polar surface area (TPSA) is 56.2 Å². The van der Waals surface area contributed by atoms with Gasteiger partial charge in [0.15, 0.2) is 6.73 Å². The van der Waals surface area contributed by atoms with Crippen molar-refractivity contribution < 1.29 is 22.7 Å². The summed E-state index contributed by atoms with van der Waals surface area (Å²) in [5.74, 6) is -0.263. The SMILES string of the molecule is CC(C)(C)NC(=O)c1ccn(COc2cccc(C(F)(F)F)c2)n1. The Morgan fingerprint density at radius 3 is 2.58 bits per heavy atom. The standard InChI is InChI=1S/C16H18F3N3O2/c1-15(2,3)20-14(23)13-7-8-22(21-13)10-24-12-6-4-5-11(9-12)16(17,18)19/h4-9H,10H2,1-3H3,(H,20,23). The van der Waals surface area contributed by atoms with Gasteiger partial charge in [0, 0.05) is 11.7 Å². The lowest BCUT2D eigenvalue weighted by atomic mass is 10.1. The second-order valence-corrected chi connectivity index (χ2v) is 6.24. The van der Waals surface area contributed by atoms with Gasteiger partial charge in [0.05, 0.1) is 5.56 Å². The molecule has 0 fully saturated rings. The number of aromatic nitrogens is 2. The molecule has 0 aliphatic rings. The van der Waals surface area contributed by atoms with Gasteiger partial charge in [-0.15, -0.1) is 0 Å². The van der Waals surface area contributed by atoms with Crippen LogP contribution < -0.4 is 10.1 Å². The minimum absolute atomic E-state index is 0.0704. The minimum Gasteiger partial charge on any atom is -0.471 e. The monoisotopic (exact) mass is 341 g/mol. The highest BCUT2D eigenvalue weighted by Gasteiger charge is 2.30. The highest BCUT2D eigenvalue weighted by atomic mass is 19.4. The Bertz CT molecular complexity index is 718. The van der Waals surface area contributed by atoms with Crippen molar-refractivity contribution in [3.05, 3.63) is 47.8 Å². The summed E-state index contributed by atoms with van der Waals surface area (Å²) in [6, 6.07) is 6.08. The predicted molar refractivity (Wildman–Crippen MR) is 81.5 cm³/mol. The van der Waals surface area contributed by atoms with Crippen molar-refractivity contribution in [1.29, 1.82) is 0 Å². The molecule has 1 heterocycles. The molecule has 0 aliphatic heterocycles. The van der Waals surface area contributed by atoms with Gasteiger partial charge in [-0.3, -0.25) is 4.79 Å². The number of ether oxygens (including phenoxy) is 1. The van der Waals surface area contributed by atoms with Gasteiger partial charge in [-0.25, -0.2) is 4.68 Å². The molecule has 5 nitrogen and oxygen atoms in total. The van der Waals surface area contributed by atoms with Crippen molar-refractivity contribution in [2.45, 2.75) is 39.2 Å². The maximum Gasteiger partial charge on any atom is 0.416 e. The van der Waals surface area contributed by atoms with Crippen LogP contribution in [0.25, 0.3) is 0 Å². The third-order valence-electron chi connectivity index (χ3n) is 2.89. The van der Waals surface area contributed by atoms with Crippen LogP contribution in [0.2, 0.25) is 0 Å². The van der Waals surface area contributed by atoms with Gasteiger partial charge in [0.25, 0.3) is 5.91 Å². The normalized spacial score (nSPS) is 12.1. The number of halogens is 3. The number of hydrogen-bond donors (Lipinski definition) is 1. The summed E-state index contributed by atoms with van der Waals surface area (Å²) in [5.41, 5.74) is -0.974. The van der Waals surface area contributed by atoms with Crippen molar-refractivity contribution in [2.75, 3.05) is 0 Å². The summed E-state index contributed by atoms with van der Waals surface area (Å²) in [7, 11) is 0. The van der Waals surface area contributed by atoms with Gasteiger partial charge in [-0.1, -0.05) is 6.07 Å². The first-order chi connectivity index (χ1) is 11.0. The third-order valence-corrected chi connectivity index (χ3v) is 2.89. The Morgan fingerprint density at radius 2 is 1.96 bits per heavy atom. The number of carbonyl (C=O) groups is 1. The lowest BCUT2D eigenvalue weighted by molar-refractivity contribution is -0.137. The van der Waals surface area contributed by atoms with Crippen LogP contribution in [-0.2, 0) is 12.9 Å². The van der Waals surface area contributed by atoms with Crippen LogP contribution in [0.3, 0.4) is 0 Å². The summed E-state index contributed by atoms with van der Waals surface area (Å²) in [6.45, 7) is 5.43. The van der Waals surface area contributed by atoms with Crippen molar-refractivity contribution in [1.82, 2.24) is 15.1 Å². The molecule has 0 atom stereocenters. The number of nitrogens with zero attached hydrogens (tertiary/aromatic N) is 2. The smallest absolute Gasteiger partial charge is 0.416 e. The van der Waals surface area contributed by atoms with Crippen LogP contribution in [0, 0.1) is 0 Å². The highest BCUT2D eigenvalue weighted by Crippen LogP contribution is 2.31. The molecule has 2 aromatic rings. The van der Waals surface area contributed by atoms with E-state index in [0.29, 0.717) is 0 Å². The Kier molecular flexibility index (Phi) is 4.86. The first kappa shape index (κ1) is 17.8. The molecule has 0 bridgehead atoms. The Morgan fingerprint density at radius 1 is 1.25 bits per heavy atom. The van der Waals surface area contributed by atoms with E-state index in [0.717, 1.165) is 12.1 Å². The summed E-state index contributed by atoms with van der Waals surface area (Å²) in [5, 5.41) is 6.80. The largest absolute Gasteiger partial charge is 0.471 e. The number of rotatable bonds is 4. The zero-order valence-electron chi connectivity index (χ0n) is 13.5. The molecule has 1 N–H and O–H groups in total. The minimum atomic E-state index is -4.43. The molecule has 8 heteroatoms. The molecule has 1 aromatic heterocycles.